The third-order valence-electron chi connectivity index (χ3n) is 5.83. The molecule has 0 saturated carbocycles. The molecule has 0 unspecified atom stereocenters. The Morgan fingerprint density at radius 1 is 0.946 bits per heavy atom. The number of amides is 1. The Bertz CT molecular complexity index is 1570. The highest BCUT2D eigenvalue weighted by Gasteiger charge is 2.26. The van der Waals surface area contributed by atoms with Gasteiger partial charge in [-0.25, -0.2) is 23.1 Å². The van der Waals surface area contributed by atoms with E-state index in [-0.39, 0.29) is 11.4 Å². The monoisotopic (exact) mass is 505 g/mol. The predicted molar refractivity (Wildman–Crippen MR) is 131 cm³/mol. The molecule has 0 fully saturated rings. The first-order valence-electron chi connectivity index (χ1n) is 11.3. The van der Waals surface area contributed by atoms with Crippen LogP contribution in [0.4, 0.5) is 23.4 Å². The summed E-state index contributed by atoms with van der Waals surface area (Å²) in [5, 5.41) is 2.59. The highest BCUT2D eigenvalue weighted by Crippen LogP contribution is 2.37. The summed E-state index contributed by atoms with van der Waals surface area (Å²) < 4.78 is 53.8. The number of H-pyrrole nitrogens is 1. The third kappa shape index (κ3) is 5.18. The van der Waals surface area contributed by atoms with Gasteiger partial charge < -0.3 is 10.3 Å². The quantitative estimate of drug-likeness (QED) is 0.200. The molecule has 0 aliphatic carbocycles. The van der Waals surface area contributed by atoms with Crippen molar-refractivity contribution in [3.05, 3.63) is 96.5 Å². The number of nitrogens with zero attached hydrogens (tertiary/aromatic N) is 3. The minimum atomic E-state index is -2.75. The second kappa shape index (κ2) is 10.2. The van der Waals surface area contributed by atoms with Gasteiger partial charge in [0, 0.05) is 24.4 Å². The van der Waals surface area contributed by atoms with Gasteiger partial charge in [0.05, 0.1) is 33.9 Å². The summed E-state index contributed by atoms with van der Waals surface area (Å²) in [4.78, 5) is 28.8. The molecule has 6 nitrogen and oxygen atoms in total. The first-order chi connectivity index (χ1) is 17.9. The van der Waals surface area contributed by atoms with Crippen molar-refractivity contribution in [2.45, 2.75) is 18.8 Å². The summed E-state index contributed by atoms with van der Waals surface area (Å²) in [7, 11) is 0. The number of carbonyl (C=O) groups excluding carboxylic acids is 1. The number of halogens is 4. The minimum absolute atomic E-state index is 0.119. The molecule has 0 radical (unpaired) electrons. The maximum atomic E-state index is 14.0. The van der Waals surface area contributed by atoms with E-state index in [1.54, 1.807) is 36.5 Å². The van der Waals surface area contributed by atoms with Crippen LogP contribution < -0.4 is 5.32 Å². The van der Waals surface area contributed by atoms with E-state index < -0.39 is 36.4 Å². The molecule has 37 heavy (non-hydrogen) atoms. The van der Waals surface area contributed by atoms with Gasteiger partial charge in [0.1, 0.15) is 11.6 Å². The molecule has 0 spiro atoms. The van der Waals surface area contributed by atoms with Crippen LogP contribution in [0.25, 0.3) is 33.5 Å². The summed E-state index contributed by atoms with van der Waals surface area (Å²) in [6.45, 7) is 0. The fraction of sp³-hybridized carbons (Fsp3) is 0.111. The third-order valence-corrected chi connectivity index (χ3v) is 5.83. The molecule has 0 saturated heterocycles. The molecule has 1 aromatic carbocycles. The normalized spacial score (nSPS) is 12.1. The van der Waals surface area contributed by atoms with Gasteiger partial charge in [0.15, 0.2) is 0 Å². The molecule has 5 rings (SSSR count). The van der Waals surface area contributed by atoms with Gasteiger partial charge in [-0.05, 0) is 54.1 Å². The summed E-state index contributed by atoms with van der Waals surface area (Å²) in [5.74, 6) is -2.99. The Labute approximate surface area is 208 Å². The zero-order chi connectivity index (χ0) is 25.9. The lowest BCUT2D eigenvalue weighted by atomic mass is 9.95. The maximum absolute atomic E-state index is 14.0. The zero-order valence-electron chi connectivity index (χ0n) is 19.1. The molecule has 1 atom stereocenters. The van der Waals surface area contributed by atoms with Gasteiger partial charge in [-0.3, -0.25) is 9.78 Å². The van der Waals surface area contributed by atoms with Gasteiger partial charge >= 0.3 is 0 Å². The minimum Gasteiger partial charge on any atom is -0.353 e. The fourth-order valence-electron chi connectivity index (χ4n) is 4.17. The van der Waals surface area contributed by atoms with Gasteiger partial charge in [0.25, 0.3) is 0 Å². The SMILES string of the molecule is O=C(Nc1cc(-c2[nH]c3cccnc3c2-c2cccc(F)n2)ccn1)[C@H](CC(F)F)c1ccc(F)cc1. The number of alkyl halides is 2. The lowest BCUT2D eigenvalue weighted by molar-refractivity contribution is -0.118. The topological polar surface area (TPSA) is 83.6 Å². The predicted octanol–water partition coefficient (Wildman–Crippen LogP) is 6.34. The Morgan fingerprint density at radius 3 is 2.51 bits per heavy atom. The van der Waals surface area contributed by atoms with Crippen molar-refractivity contribution in [1.29, 1.82) is 0 Å². The average Bonchev–Trinajstić information content (AvgIpc) is 3.28. The van der Waals surface area contributed by atoms with Crippen LogP contribution in [0, 0.1) is 11.8 Å². The molecule has 1 amide bonds. The number of carbonyl (C=O) groups is 1. The van der Waals surface area contributed by atoms with Crippen molar-refractivity contribution in [2.75, 3.05) is 5.32 Å². The van der Waals surface area contributed by atoms with Crippen molar-refractivity contribution >= 4 is 22.8 Å². The van der Waals surface area contributed by atoms with Gasteiger partial charge in [-0.2, -0.15) is 4.39 Å². The number of fused-ring (bicyclic) bond motifs is 1. The number of benzene rings is 1. The lowest BCUT2D eigenvalue weighted by Crippen LogP contribution is -2.23. The Balaban J connectivity index is 1.51. The van der Waals surface area contributed by atoms with Crippen molar-refractivity contribution in [3.8, 4) is 22.5 Å². The molecule has 0 bridgehead atoms. The van der Waals surface area contributed by atoms with Crippen molar-refractivity contribution < 1.29 is 22.4 Å². The van der Waals surface area contributed by atoms with E-state index >= 15 is 0 Å². The van der Waals surface area contributed by atoms with Crippen LogP contribution in [0.2, 0.25) is 0 Å². The van der Waals surface area contributed by atoms with Crippen LogP contribution in [-0.4, -0.2) is 32.3 Å². The zero-order valence-corrected chi connectivity index (χ0v) is 19.1. The van der Waals surface area contributed by atoms with E-state index in [9.17, 15) is 22.4 Å². The van der Waals surface area contributed by atoms with Crippen LogP contribution in [0.5, 0.6) is 0 Å². The molecule has 4 aromatic heterocycles. The molecular formula is C27H19F4N5O. The summed E-state index contributed by atoms with van der Waals surface area (Å²) in [5.41, 5.74) is 3.58. The van der Waals surface area contributed by atoms with Crippen LogP contribution in [0.3, 0.4) is 0 Å². The Hall–Kier alpha value is -4.60. The van der Waals surface area contributed by atoms with E-state index in [0.717, 1.165) is 12.1 Å². The molecule has 2 N–H and O–H groups in total. The molecular weight excluding hydrogens is 486 g/mol. The number of aromatic nitrogens is 4. The van der Waals surface area contributed by atoms with E-state index in [1.165, 1.54) is 24.4 Å². The number of aromatic amines is 1. The first-order valence-corrected chi connectivity index (χ1v) is 11.3. The molecule has 4 heterocycles. The molecule has 10 heteroatoms. The number of hydrogen-bond donors (Lipinski definition) is 2. The Kier molecular flexibility index (Phi) is 6.63. The summed E-state index contributed by atoms with van der Waals surface area (Å²) >= 11 is 0. The van der Waals surface area contributed by atoms with Gasteiger partial charge in [0.2, 0.25) is 18.3 Å². The number of nitrogens with one attached hydrogen (secondary N) is 2. The largest absolute Gasteiger partial charge is 0.353 e. The molecule has 5 aromatic rings. The Morgan fingerprint density at radius 2 is 1.76 bits per heavy atom. The second-order valence-electron chi connectivity index (χ2n) is 8.27. The molecule has 186 valence electrons. The highest BCUT2D eigenvalue weighted by atomic mass is 19.3. The maximum Gasteiger partial charge on any atom is 0.239 e. The van der Waals surface area contributed by atoms with Crippen molar-refractivity contribution in [3.63, 3.8) is 0 Å². The second-order valence-corrected chi connectivity index (χ2v) is 8.27. The van der Waals surface area contributed by atoms with E-state index in [4.69, 9.17) is 0 Å². The van der Waals surface area contributed by atoms with Gasteiger partial charge in [-0.15, -0.1) is 0 Å². The first kappa shape index (κ1) is 24.1. The average molecular weight is 505 g/mol. The van der Waals surface area contributed by atoms with Crippen molar-refractivity contribution in [1.82, 2.24) is 19.9 Å². The summed E-state index contributed by atoms with van der Waals surface area (Å²) in [6, 6.07) is 16.1. The van der Waals surface area contributed by atoms with Crippen molar-refractivity contribution in [2.24, 2.45) is 0 Å². The number of rotatable bonds is 7. The van der Waals surface area contributed by atoms with Crippen LogP contribution in [0.1, 0.15) is 17.9 Å². The summed E-state index contributed by atoms with van der Waals surface area (Å²) in [6.07, 6.45) is -0.424. The van der Waals surface area contributed by atoms with E-state index in [0.29, 0.717) is 33.5 Å². The number of hydrogen-bond acceptors (Lipinski definition) is 4. The lowest BCUT2D eigenvalue weighted by Gasteiger charge is -2.17. The standard InChI is InChI=1S/C27H19F4N5O/c28-17-8-6-15(7-9-17)18(14-21(29)30)27(37)36-23-13-16(10-12-32-23)25-24(19-3-1-5-22(31)34-19)26-20(35-25)4-2-11-33-26/h1-13,18,21,35H,14H2,(H,32,36,37)/t18-/m1/s1. The van der Waals surface area contributed by atoms with Gasteiger partial charge in [-0.1, -0.05) is 18.2 Å². The van der Waals surface area contributed by atoms with E-state index in [1.807, 2.05) is 6.07 Å². The molecule has 0 aliphatic rings. The van der Waals surface area contributed by atoms with E-state index in [2.05, 4.69) is 25.3 Å². The highest BCUT2D eigenvalue weighted by molar-refractivity contribution is 6.01. The fourth-order valence-corrected chi connectivity index (χ4v) is 4.17. The van der Waals surface area contributed by atoms with Crippen LogP contribution in [-0.2, 0) is 4.79 Å². The van der Waals surface area contributed by atoms with Crippen LogP contribution >= 0.6 is 0 Å². The molecule has 0 aliphatic heterocycles. The smallest absolute Gasteiger partial charge is 0.239 e. The number of pyridine rings is 3. The number of anilines is 1. The van der Waals surface area contributed by atoms with Crippen LogP contribution in [0.15, 0.2) is 79.1 Å².